The molecule has 1 fully saturated rings. The number of nitrogens with one attached hydrogen (secondary N) is 1. The van der Waals surface area contributed by atoms with E-state index < -0.39 is 0 Å². The molecule has 1 saturated heterocycles. The number of urea groups is 1. The summed E-state index contributed by atoms with van der Waals surface area (Å²) in [5.41, 5.74) is 2.37. The van der Waals surface area contributed by atoms with Crippen LogP contribution >= 0.6 is 0 Å². The SMILES string of the molecule is Cc1ccc(NC(=O)N2CCN(Cc3cccc4ccccc34)CC2)cc1F. The molecule has 3 aromatic carbocycles. The van der Waals surface area contributed by atoms with Gasteiger partial charge in [0, 0.05) is 38.4 Å². The highest BCUT2D eigenvalue weighted by Crippen LogP contribution is 2.21. The molecule has 144 valence electrons. The Balaban J connectivity index is 1.35. The molecule has 0 aliphatic carbocycles. The number of rotatable bonds is 3. The first-order valence-corrected chi connectivity index (χ1v) is 9.61. The van der Waals surface area contributed by atoms with Crippen molar-refractivity contribution < 1.29 is 9.18 Å². The number of aryl methyl sites for hydroxylation is 1. The largest absolute Gasteiger partial charge is 0.322 e. The van der Waals surface area contributed by atoms with E-state index in [0.29, 0.717) is 24.3 Å². The van der Waals surface area contributed by atoms with E-state index in [4.69, 9.17) is 0 Å². The Bertz CT molecular complexity index is 991. The molecule has 5 heteroatoms. The van der Waals surface area contributed by atoms with Gasteiger partial charge in [-0.3, -0.25) is 4.90 Å². The molecule has 4 nitrogen and oxygen atoms in total. The van der Waals surface area contributed by atoms with Gasteiger partial charge in [0.2, 0.25) is 0 Å². The average Bonchev–Trinajstić information content (AvgIpc) is 2.71. The van der Waals surface area contributed by atoms with E-state index in [0.717, 1.165) is 19.6 Å². The number of nitrogens with zero attached hydrogens (tertiary/aromatic N) is 2. The van der Waals surface area contributed by atoms with E-state index in [1.165, 1.54) is 22.4 Å². The summed E-state index contributed by atoms with van der Waals surface area (Å²) in [4.78, 5) is 16.6. The zero-order valence-electron chi connectivity index (χ0n) is 16.0. The van der Waals surface area contributed by atoms with Crippen LogP contribution in [0.5, 0.6) is 0 Å². The second-order valence-electron chi connectivity index (χ2n) is 7.30. The maximum absolute atomic E-state index is 13.7. The monoisotopic (exact) mass is 377 g/mol. The number of carbonyl (C=O) groups is 1. The first kappa shape index (κ1) is 18.4. The van der Waals surface area contributed by atoms with Gasteiger partial charge in [0.25, 0.3) is 0 Å². The minimum atomic E-state index is -0.308. The molecule has 0 aromatic heterocycles. The van der Waals surface area contributed by atoms with Gasteiger partial charge in [-0.15, -0.1) is 0 Å². The summed E-state index contributed by atoms with van der Waals surface area (Å²) >= 11 is 0. The highest BCUT2D eigenvalue weighted by molar-refractivity contribution is 5.89. The fourth-order valence-electron chi connectivity index (χ4n) is 3.65. The standard InChI is InChI=1S/C23H24FN3O/c1-17-9-10-20(15-22(17)24)25-23(28)27-13-11-26(12-14-27)16-19-7-4-6-18-5-2-3-8-21(18)19/h2-10,15H,11-14,16H2,1H3,(H,25,28). The Morgan fingerprint density at radius 3 is 2.54 bits per heavy atom. The van der Waals surface area contributed by atoms with Gasteiger partial charge in [0.15, 0.2) is 0 Å². The van der Waals surface area contributed by atoms with Crippen LogP contribution in [-0.4, -0.2) is 42.0 Å². The fraction of sp³-hybridized carbons (Fsp3) is 0.261. The minimum Gasteiger partial charge on any atom is -0.322 e. The highest BCUT2D eigenvalue weighted by atomic mass is 19.1. The molecule has 4 rings (SSSR count). The van der Waals surface area contributed by atoms with Crippen LogP contribution in [0, 0.1) is 12.7 Å². The number of halogens is 1. The molecule has 0 radical (unpaired) electrons. The van der Waals surface area contributed by atoms with Crippen LogP contribution in [0.4, 0.5) is 14.9 Å². The van der Waals surface area contributed by atoms with Crippen LogP contribution in [0.15, 0.2) is 60.7 Å². The van der Waals surface area contributed by atoms with Crippen molar-refractivity contribution >= 4 is 22.5 Å². The summed E-state index contributed by atoms with van der Waals surface area (Å²) in [6.07, 6.45) is 0. The van der Waals surface area contributed by atoms with Gasteiger partial charge in [0.05, 0.1) is 0 Å². The highest BCUT2D eigenvalue weighted by Gasteiger charge is 2.21. The Labute approximate surface area is 164 Å². The second-order valence-corrected chi connectivity index (χ2v) is 7.30. The van der Waals surface area contributed by atoms with Crippen molar-refractivity contribution in [2.45, 2.75) is 13.5 Å². The van der Waals surface area contributed by atoms with Crippen LogP contribution in [0.1, 0.15) is 11.1 Å². The molecule has 0 spiro atoms. The Hall–Kier alpha value is -2.92. The molecule has 28 heavy (non-hydrogen) atoms. The van der Waals surface area contributed by atoms with Crippen LogP contribution in [0.2, 0.25) is 0 Å². The molecule has 0 saturated carbocycles. The van der Waals surface area contributed by atoms with E-state index >= 15 is 0 Å². The molecule has 1 heterocycles. The van der Waals surface area contributed by atoms with Gasteiger partial charge in [-0.25, -0.2) is 9.18 Å². The summed E-state index contributed by atoms with van der Waals surface area (Å²) in [6, 6.07) is 19.4. The summed E-state index contributed by atoms with van der Waals surface area (Å²) < 4.78 is 13.7. The average molecular weight is 377 g/mol. The molecule has 2 amide bonds. The fourth-order valence-corrected chi connectivity index (χ4v) is 3.65. The van der Waals surface area contributed by atoms with E-state index in [-0.39, 0.29) is 11.8 Å². The van der Waals surface area contributed by atoms with Crippen molar-refractivity contribution in [3.05, 3.63) is 77.6 Å². The third-order valence-corrected chi connectivity index (χ3v) is 5.36. The van der Waals surface area contributed by atoms with Crippen LogP contribution in [-0.2, 0) is 6.54 Å². The number of hydrogen-bond acceptors (Lipinski definition) is 2. The lowest BCUT2D eigenvalue weighted by Gasteiger charge is -2.34. The van der Waals surface area contributed by atoms with Crippen molar-refractivity contribution in [3.63, 3.8) is 0 Å². The number of piperazine rings is 1. The quantitative estimate of drug-likeness (QED) is 0.722. The van der Waals surface area contributed by atoms with E-state index in [2.05, 4.69) is 52.7 Å². The van der Waals surface area contributed by atoms with E-state index in [1.54, 1.807) is 24.0 Å². The zero-order valence-corrected chi connectivity index (χ0v) is 16.0. The second kappa shape index (κ2) is 7.98. The third-order valence-electron chi connectivity index (χ3n) is 5.36. The number of amides is 2. The number of benzene rings is 3. The number of anilines is 1. The zero-order chi connectivity index (χ0) is 19.5. The first-order chi connectivity index (χ1) is 13.6. The molecule has 0 bridgehead atoms. The molecule has 3 aromatic rings. The van der Waals surface area contributed by atoms with Crippen molar-refractivity contribution in [2.24, 2.45) is 0 Å². The van der Waals surface area contributed by atoms with Crippen LogP contribution < -0.4 is 5.32 Å². The smallest absolute Gasteiger partial charge is 0.321 e. The van der Waals surface area contributed by atoms with Crippen LogP contribution in [0.3, 0.4) is 0 Å². The maximum atomic E-state index is 13.7. The lowest BCUT2D eigenvalue weighted by molar-refractivity contribution is 0.143. The van der Waals surface area contributed by atoms with Gasteiger partial charge in [-0.2, -0.15) is 0 Å². The van der Waals surface area contributed by atoms with Gasteiger partial charge in [-0.1, -0.05) is 48.5 Å². The molecular formula is C23H24FN3O. The number of carbonyl (C=O) groups excluding carboxylic acids is 1. The van der Waals surface area contributed by atoms with Crippen molar-refractivity contribution in [1.29, 1.82) is 0 Å². The predicted molar refractivity (Wildman–Crippen MR) is 111 cm³/mol. The summed E-state index contributed by atoms with van der Waals surface area (Å²) in [5.74, 6) is -0.308. The molecule has 1 aliphatic rings. The number of fused-ring (bicyclic) bond motifs is 1. The van der Waals surface area contributed by atoms with Gasteiger partial charge in [-0.05, 0) is 41.0 Å². The van der Waals surface area contributed by atoms with Gasteiger partial charge < -0.3 is 10.2 Å². The predicted octanol–water partition coefficient (Wildman–Crippen LogP) is 4.64. The Morgan fingerprint density at radius 2 is 1.75 bits per heavy atom. The first-order valence-electron chi connectivity index (χ1n) is 9.61. The molecule has 0 unspecified atom stereocenters. The van der Waals surface area contributed by atoms with Gasteiger partial charge >= 0.3 is 6.03 Å². The Morgan fingerprint density at radius 1 is 1.00 bits per heavy atom. The summed E-state index contributed by atoms with van der Waals surface area (Å²) in [5, 5.41) is 5.33. The van der Waals surface area contributed by atoms with Crippen molar-refractivity contribution in [2.75, 3.05) is 31.5 Å². The lowest BCUT2D eigenvalue weighted by atomic mass is 10.0. The number of hydrogen-bond donors (Lipinski definition) is 1. The maximum Gasteiger partial charge on any atom is 0.321 e. The molecule has 0 atom stereocenters. The van der Waals surface area contributed by atoms with Crippen molar-refractivity contribution in [1.82, 2.24) is 9.80 Å². The molecular weight excluding hydrogens is 353 g/mol. The lowest BCUT2D eigenvalue weighted by Crippen LogP contribution is -2.49. The van der Waals surface area contributed by atoms with E-state index in [9.17, 15) is 9.18 Å². The summed E-state index contributed by atoms with van der Waals surface area (Å²) in [6.45, 7) is 5.53. The van der Waals surface area contributed by atoms with Gasteiger partial charge in [0.1, 0.15) is 5.82 Å². The topological polar surface area (TPSA) is 35.6 Å². The summed E-state index contributed by atoms with van der Waals surface area (Å²) in [7, 11) is 0. The van der Waals surface area contributed by atoms with Crippen LogP contribution in [0.25, 0.3) is 10.8 Å². The molecule has 1 N–H and O–H groups in total. The Kier molecular flexibility index (Phi) is 5.26. The minimum absolute atomic E-state index is 0.173. The molecule has 1 aliphatic heterocycles. The van der Waals surface area contributed by atoms with Crippen molar-refractivity contribution in [3.8, 4) is 0 Å². The third kappa shape index (κ3) is 3.99. The normalized spacial score (nSPS) is 15.0. The van der Waals surface area contributed by atoms with E-state index in [1.807, 2.05) is 0 Å².